The van der Waals surface area contributed by atoms with Crippen LogP contribution in [0.3, 0.4) is 0 Å². The number of hydrogen-bond donors (Lipinski definition) is 8. The number of amides is 3. The van der Waals surface area contributed by atoms with Crippen molar-refractivity contribution in [1.82, 2.24) is 20.9 Å². The number of carbonyl (C=O) groups is 5. The van der Waals surface area contributed by atoms with Gasteiger partial charge in [-0.15, -0.1) is 0 Å². The van der Waals surface area contributed by atoms with Crippen LogP contribution in [0.25, 0.3) is 10.9 Å². The summed E-state index contributed by atoms with van der Waals surface area (Å²) in [6.45, 7) is 1.66. The molecule has 202 valence electrons. The third-order valence-corrected chi connectivity index (χ3v) is 5.77. The van der Waals surface area contributed by atoms with Crippen LogP contribution in [0.5, 0.6) is 0 Å². The number of unbranched alkanes of at least 4 members (excludes halogenated alkanes) is 1. The molecule has 0 fully saturated rings. The van der Waals surface area contributed by atoms with Crippen LogP contribution in [-0.4, -0.2) is 75.6 Å². The number of carbonyl (C=O) groups excluding carboxylic acids is 3. The van der Waals surface area contributed by atoms with Gasteiger partial charge in [-0.25, -0.2) is 0 Å². The van der Waals surface area contributed by atoms with Gasteiger partial charge in [-0.2, -0.15) is 0 Å². The maximum absolute atomic E-state index is 13.3. The number of aromatic amines is 1. The van der Waals surface area contributed by atoms with Gasteiger partial charge in [0.2, 0.25) is 17.7 Å². The summed E-state index contributed by atoms with van der Waals surface area (Å²) in [5.41, 5.74) is 12.7. The lowest BCUT2D eigenvalue weighted by Crippen LogP contribution is -2.57. The highest BCUT2D eigenvalue weighted by molar-refractivity contribution is 5.95. The molecule has 1 heterocycles. The van der Waals surface area contributed by atoms with Gasteiger partial charge in [0, 0.05) is 23.5 Å². The standard InChI is InChI=1S/C24H34N6O7/c1-13(24(36)37)28-22(34)18(8-4-5-9-25)29-23(35)19(30-21(33)16(26)11-20(31)32)10-14-12-27-17-7-3-2-6-15(14)17/h2-3,6-7,12-13,16,18-19,27H,4-5,8-11,25-26H2,1H3,(H,28,34)(H,29,35)(H,30,33)(H,31,32)(H,36,37). The molecular weight excluding hydrogens is 484 g/mol. The molecule has 1 aromatic heterocycles. The third kappa shape index (κ3) is 8.88. The lowest BCUT2D eigenvalue weighted by molar-refractivity contribution is -0.141. The minimum Gasteiger partial charge on any atom is -0.481 e. The molecule has 0 aliphatic rings. The average molecular weight is 519 g/mol. The summed E-state index contributed by atoms with van der Waals surface area (Å²) in [6.07, 6.45) is 2.32. The molecule has 2 aromatic rings. The Morgan fingerprint density at radius 1 is 0.946 bits per heavy atom. The van der Waals surface area contributed by atoms with Crippen molar-refractivity contribution in [3.8, 4) is 0 Å². The van der Waals surface area contributed by atoms with Crippen LogP contribution in [0.15, 0.2) is 30.5 Å². The molecular formula is C24H34N6O7. The fraction of sp³-hybridized carbons (Fsp3) is 0.458. The van der Waals surface area contributed by atoms with Crippen LogP contribution in [0.2, 0.25) is 0 Å². The van der Waals surface area contributed by atoms with Crippen molar-refractivity contribution in [3.63, 3.8) is 0 Å². The van der Waals surface area contributed by atoms with E-state index in [0.29, 0.717) is 24.9 Å². The topological polar surface area (TPSA) is 230 Å². The number of para-hydroxylation sites is 1. The highest BCUT2D eigenvalue weighted by atomic mass is 16.4. The average Bonchev–Trinajstić information content (AvgIpc) is 3.25. The molecule has 0 radical (unpaired) electrons. The second-order valence-corrected chi connectivity index (χ2v) is 8.74. The van der Waals surface area contributed by atoms with E-state index in [1.54, 1.807) is 6.20 Å². The Hall–Kier alpha value is -3.97. The molecule has 0 saturated carbocycles. The zero-order valence-electron chi connectivity index (χ0n) is 20.5. The SMILES string of the molecule is CC(NC(=O)C(CCCCN)NC(=O)C(Cc1c[nH]c2ccccc12)NC(=O)C(N)CC(=O)O)C(=O)O. The number of aromatic nitrogens is 1. The highest BCUT2D eigenvalue weighted by Gasteiger charge is 2.30. The summed E-state index contributed by atoms with van der Waals surface area (Å²) in [7, 11) is 0. The van der Waals surface area contributed by atoms with E-state index in [-0.39, 0.29) is 12.8 Å². The van der Waals surface area contributed by atoms with E-state index < -0.39 is 60.2 Å². The van der Waals surface area contributed by atoms with Crippen molar-refractivity contribution in [3.05, 3.63) is 36.0 Å². The minimum absolute atomic E-state index is 0.0179. The Balaban J connectivity index is 2.28. The summed E-state index contributed by atoms with van der Waals surface area (Å²) in [4.78, 5) is 63.9. The van der Waals surface area contributed by atoms with Crippen LogP contribution in [0, 0.1) is 0 Å². The van der Waals surface area contributed by atoms with Crippen LogP contribution in [0.4, 0.5) is 0 Å². The van der Waals surface area contributed by atoms with Gasteiger partial charge in [0.05, 0.1) is 12.5 Å². The van der Waals surface area contributed by atoms with Crippen LogP contribution >= 0.6 is 0 Å². The monoisotopic (exact) mass is 518 g/mol. The predicted molar refractivity (Wildman–Crippen MR) is 134 cm³/mol. The normalized spacial score (nSPS) is 14.2. The fourth-order valence-corrected chi connectivity index (χ4v) is 3.70. The Kier molecular flexibility index (Phi) is 11.0. The second-order valence-electron chi connectivity index (χ2n) is 8.74. The van der Waals surface area contributed by atoms with Gasteiger partial charge in [-0.05, 0) is 44.4 Å². The van der Waals surface area contributed by atoms with Gasteiger partial charge in [0.25, 0.3) is 0 Å². The van der Waals surface area contributed by atoms with Crippen molar-refractivity contribution in [2.24, 2.45) is 11.5 Å². The van der Waals surface area contributed by atoms with Gasteiger partial charge in [-0.1, -0.05) is 18.2 Å². The van der Waals surface area contributed by atoms with E-state index in [0.717, 1.165) is 10.9 Å². The summed E-state index contributed by atoms with van der Waals surface area (Å²) >= 11 is 0. The molecule has 10 N–H and O–H groups in total. The van der Waals surface area contributed by atoms with E-state index in [1.807, 2.05) is 24.3 Å². The first-order chi connectivity index (χ1) is 17.5. The molecule has 4 atom stereocenters. The highest BCUT2D eigenvalue weighted by Crippen LogP contribution is 2.19. The molecule has 0 aliphatic heterocycles. The van der Waals surface area contributed by atoms with Gasteiger partial charge in [0.15, 0.2) is 0 Å². The van der Waals surface area contributed by atoms with Gasteiger partial charge >= 0.3 is 11.9 Å². The zero-order valence-corrected chi connectivity index (χ0v) is 20.5. The Labute approximate surface area is 213 Å². The van der Waals surface area contributed by atoms with E-state index in [9.17, 15) is 24.0 Å². The lowest BCUT2D eigenvalue weighted by Gasteiger charge is -2.24. The predicted octanol–water partition coefficient (Wildman–Crippen LogP) is -0.800. The lowest BCUT2D eigenvalue weighted by atomic mass is 10.0. The quantitative estimate of drug-likeness (QED) is 0.138. The first-order valence-electron chi connectivity index (χ1n) is 11.9. The van der Waals surface area contributed by atoms with Crippen molar-refractivity contribution >= 4 is 40.6 Å². The number of H-pyrrole nitrogens is 1. The summed E-state index contributed by atoms with van der Waals surface area (Å²) in [5, 5.41) is 26.3. The number of benzene rings is 1. The van der Waals surface area contributed by atoms with E-state index in [4.69, 9.17) is 21.7 Å². The van der Waals surface area contributed by atoms with E-state index in [2.05, 4.69) is 20.9 Å². The molecule has 0 spiro atoms. The van der Waals surface area contributed by atoms with Crippen LogP contribution in [-0.2, 0) is 30.4 Å². The number of fused-ring (bicyclic) bond motifs is 1. The van der Waals surface area contributed by atoms with E-state index >= 15 is 0 Å². The maximum atomic E-state index is 13.3. The summed E-state index contributed by atoms with van der Waals surface area (Å²) in [5.74, 6) is -4.76. The first kappa shape index (κ1) is 29.3. The number of hydrogen-bond acceptors (Lipinski definition) is 7. The number of carboxylic acid groups (broad SMARTS) is 2. The Morgan fingerprint density at radius 3 is 2.24 bits per heavy atom. The molecule has 2 rings (SSSR count). The van der Waals surface area contributed by atoms with Crippen molar-refractivity contribution < 1.29 is 34.2 Å². The molecule has 0 aliphatic carbocycles. The summed E-state index contributed by atoms with van der Waals surface area (Å²) < 4.78 is 0. The third-order valence-electron chi connectivity index (χ3n) is 5.77. The minimum atomic E-state index is -1.39. The fourth-order valence-electron chi connectivity index (χ4n) is 3.70. The zero-order chi connectivity index (χ0) is 27.5. The van der Waals surface area contributed by atoms with Crippen LogP contribution < -0.4 is 27.4 Å². The largest absolute Gasteiger partial charge is 0.481 e. The first-order valence-corrected chi connectivity index (χ1v) is 11.9. The Morgan fingerprint density at radius 2 is 1.59 bits per heavy atom. The number of rotatable bonds is 15. The van der Waals surface area contributed by atoms with Crippen LogP contribution in [0.1, 0.15) is 38.2 Å². The molecule has 0 saturated heterocycles. The van der Waals surface area contributed by atoms with Crippen molar-refractivity contribution in [2.75, 3.05) is 6.54 Å². The Bertz CT molecular complexity index is 1120. The van der Waals surface area contributed by atoms with Crippen molar-refractivity contribution in [2.45, 2.75) is 63.2 Å². The molecule has 3 amide bonds. The molecule has 13 nitrogen and oxygen atoms in total. The molecule has 1 aromatic carbocycles. The van der Waals surface area contributed by atoms with Gasteiger partial charge in [-0.3, -0.25) is 24.0 Å². The van der Waals surface area contributed by atoms with Gasteiger partial charge < -0.3 is 42.6 Å². The molecule has 0 bridgehead atoms. The molecule has 37 heavy (non-hydrogen) atoms. The molecule has 4 unspecified atom stereocenters. The number of carboxylic acids is 2. The van der Waals surface area contributed by atoms with E-state index in [1.165, 1.54) is 6.92 Å². The van der Waals surface area contributed by atoms with Gasteiger partial charge in [0.1, 0.15) is 18.1 Å². The second kappa shape index (κ2) is 13.9. The number of nitrogens with two attached hydrogens (primary N) is 2. The van der Waals surface area contributed by atoms with Crippen molar-refractivity contribution in [1.29, 1.82) is 0 Å². The number of nitrogens with one attached hydrogen (secondary N) is 4. The maximum Gasteiger partial charge on any atom is 0.325 e. The summed E-state index contributed by atoms with van der Waals surface area (Å²) in [6, 6.07) is 2.47. The molecule has 13 heteroatoms. The smallest absolute Gasteiger partial charge is 0.325 e. The number of aliphatic carboxylic acids is 2.